The maximum absolute atomic E-state index is 13.3. The van der Waals surface area contributed by atoms with Crippen LogP contribution in [0.3, 0.4) is 0 Å². The van der Waals surface area contributed by atoms with Gasteiger partial charge >= 0.3 is 6.18 Å². The van der Waals surface area contributed by atoms with E-state index in [1.54, 1.807) is 24.3 Å². The van der Waals surface area contributed by atoms with E-state index in [-0.39, 0.29) is 11.5 Å². The molecule has 5 nitrogen and oxygen atoms in total. The van der Waals surface area contributed by atoms with Gasteiger partial charge in [0, 0.05) is 12.1 Å². The molecule has 1 atom stereocenters. The summed E-state index contributed by atoms with van der Waals surface area (Å²) < 4.78 is 45.1. The lowest BCUT2D eigenvalue weighted by atomic mass is 10.0. The van der Waals surface area contributed by atoms with Gasteiger partial charge in [-0.2, -0.15) is 13.2 Å². The molecule has 0 aromatic heterocycles. The van der Waals surface area contributed by atoms with E-state index >= 15 is 0 Å². The van der Waals surface area contributed by atoms with Crippen LogP contribution in [0.4, 0.5) is 18.9 Å². The Morgan fingerprint density at radius 3 is 2.59 bits per heavy atom. The molecule has 142 valence electrons. The highest BCUT2D eigenvalue weighted by Gasteiger charge is 2.41. The Kier molecular flexibility index (Phi) is 5.34. The molecular weight excluding hydrogens is 361 g/mol. The summed E-state index contributed by atoms with van der Waals surface area (Å²) in [6.07, 6.45) is -3.74. The van der Waals surface area contributed by atoms with Crippen molar-refractivity contribution in [3.63, 3.8) is 0 Å². The number of halogens is 3. The van der Waals surface area contributed by atoms with E-state index in [2.05, 4.69) is 5.32 Å². The van der Waals surface area contributed by atoms with E-state index in [0.717, 1.165) is 5.56 Å². The molecule has 1 aliphatic rings. The first kappa shape index (κ1) is 18.8. The standard InChI is InChI=1S/C19H17F3N2O3/c20-19(21,22)18(12-4-2-1-3-5-12)24-17(26)11-27-14-7-8-15-13(10-14)6-9-16(25)23-15/h1-5,7-8,10,18H,6,9,11H2,(H,23,25)(H,24,26). The molecule has 1 aliphatic heterocycles. The number of rotatable bonds is 5. The number of carbonyl (C=O) groups excluding carboxylic acids is 2. The molecule has 3 rings (SSSR count). The third-order valence-corrected chi connectivity index (χ3v) is 4.11. The van der Waals surface area contributed by atoms with E-state index in [0.29, 0.717) is 24.3 Å². The van der Waals surface area contributed by atoms with Crippen LogP contribution < -0.4 is 15.4 Å². The molecule has 0 fully saturated rings. The molecule has 0 saturated heterocycles. The van der Waals surface area contributed by atoms with Crippen molar-refractivity contribution in [2.75, 3.05) is 11.9 Å². The zero-order chi connectivity index (χ0) is 19.4. The van der Waals surface area contributed by atoms with Crippen molar-refractivity contribution in [1.82, 2.24) is 5.32 Å². The third kappa shape index (κ3) is 4.78. The lowest BCUT2D eigenvalue weighted by Crippen LogP contribution is -2.40. The minimum absolute atomic E-state index is 0.0529. The van der Waals surface area contributed by atoms with Crippen LogP contribution in [0, 0.1) is 0 Å². The van der Waals surface area contributed by atoms with Gasteiger partial charge < -0.3 is 15.4 Å². The molecule has 0 bridgehead atoms. The molecule has 0 aliphatic carbocycles. The van der Waals surface area contributed by atoms with Crippen LogP contribution in [0.5, 0.6) is 5.75 Å². The Morgan fingerprint density at radius 1 is 1.15 bits per heavy atom. The lowest BCUT2D eigenvalue weighted by Gasteiger charge is -2.22. The molecule has 1 heterocycles. The largest absolute Gasteiger partial charge is 0.484 e. The fraction of sp³-hybridized carbons (Fsp3) is 0.263. The minimum atomic E-state index is -4.62. The molecule has 0 radical (unpaired) electrons. The first-order chi connectivity index (χ1) is 12.8. The van der Waals surface area contributed by atoms with Crippen molar-refractivity contribution in [3.8, 4) is 5.75 Å². The third-order valence-electron chi connectivity index (χ3n) is 4.11. The monoisotopic (exact) mass is 378 g/mol. The predicted octanol–water partition coefficient (Wildman–Crippen LogP) is 3.37. The number of amides is 2. The second-order valence-electron chi connectivity index (χ2n) is 6.11. The quantitative estimate of drug-likeness (QED) is 0.838. The molecule has 1 unspecified atom stereocenters. The molecule has 2 aromatic rings. The second kappa shape index (κ2) is 7.69. The summed E-state index contributed by atoms with van der Waals surface area (Å²) in [5.41, 5.74) is 1.47. The summed E-state index contributed by atoms with van der Waals surface area (Å²) >= 11 is 0. The van der Waals surface area contributed by atoms with Crippen LogP contribution in [-0.4, -0.2) is 24.6 Å². The van der Waals surface area contributed by atoms with Crippen LogP contribution in [0.15, 0.2) is 48.5 Å². The van der Waals surface area contributed by atoms with Gasteiger partial charge in [-0.1, -0.05) is 30.3 Å². The highest BCUT2D eigenvalue weighted by molar-refractivity contribution is 5.94. The number of ether oxygens (including phenoxy) is 1. The summed E-state index contributed by atoms with van der Waals surface area (Å²) in [7, 11) is 0. The topological polar surface area (TPSA) is 67.4 Å². The number of hydrogen-bond donors (Lipinski definition) is 2. The van der Waals surface area contributed by atoms with Crippen LogP contribution in [0.2, 0.25) is 0 Å². The summed E-state index contributed by atoms with van der Waals surface area (Å²) in [5.74, 6) is -0.606. The average molecular weight is 378 g/mol. The first-order valence-electron chi connectivity index (χ1n) is 8.29. The number of alkyl halides is 3. The summed E-state index contributed by atoms with van der Waals surface area (Å²) in [6.45, 7) is -0.551. The minimum Gasteiger partial charge on any atom is -0.484 e. The number of anilines is 1. The van der Waals surface area contributed by atoms with E-state index in [9.17, 15) is 22.8 Å². The van der Waals surface area contributed by atoms with E-state index in [4.69, 9.17) is 4.74 Å². The maximum Gasteiger partial charge on any atom is 0.412 e. The zero-order valence-corrected chi connectivity index (χ0v) is 14.2. The smallest absolute Gasteiger partial charge is 0.412 e. The molecule has 0 saturated carbocycles. The molecular formula is C19H17F3N2O3. The van der Waals surface area contributed by atoms with Crippen molar-refractivity contribution in [2.45, 2.75) is 25.1 Å². The number of hydrogen-bond acceptors (Lipinski definition) is 3. The highest BCUT2D eigenvalue weighted by atomic mass is 19.4. The summed E-state index contributed by atoms with van der Waals surface area (Å²) in [6, 6.07) is 9.91. The van der Waals surface area contributed by atoms with Gasteiger partial charge in [-0.25, -0.2) is 0 Å². The Hall–Kier alpha value is -3.03. The van der Waals surface area contributed by atoms with Crippen molar-refractivity contribution in [3.05, 3.63) is 59.7 Å². The molecule has 8 heteroatoms. The molecule has 2 aromatic carbocycles. The Bertz CT molecular complexity index is 838. The van der Waals surface area contributed by atoms with Crippen LogP contribution >= 0.6 is 0 Å². The van der Waals surface area contributed by atoms with Crippen molar-refractivity contribution >= 4 is 17.5 Å². The summed E-state index contributed by atoms with van der Waals surface area (Å²) in [4.78, 5) is 23.3. The number of aryl methyl sites for hydroxylation is 1. The summed E-state index contributed by atoms with van der Waals surface area (Å²) in [5, 5.41) is 4.68. The van der Waals surface area contributed by atoms with Gasteiger partial charge in [0.25, 0.3) is 5.91 Å². The Morgan fingerprint density at radius 2 is 1.89 bits per heavy atom. The lowest BCUT2D eigenvalue weighted by molar-refractivity contribution is -0.164. The van der Waals surface area contributed by atoms with E-state index < -0.39 is 24.7 Å². The number of carbonyl (C=O) groups is 2. The fourth-order valence-corrected chi connectivity index (χ4v) is 2.80. The number of fused-ring (bicyclic) bond motifs is 1. The van der Waals surface area contributed by atoms with Gasteiger partial charge in [0.05, 0.1) is 0 Å². The molecule has 0 spiro atoms. The van der Waals surface area contributed by atoms with Crippen molar-refractivity contribution in [1.29, 1.82) is 0 Å². The van der Waals surface area contributed by atoms with Gasteiger partial charge in [0.15, 0.2) is 12.6 Å². The Labute approximate surface area is 153 Å². The fourth-order valence-electron chi connectivity index (χ4n) is 2.80. The molecule has 2 amide bonds. The van der Waals surface area contributed by atoms with Crippen molar-refractivity contribution < 1.29 is 27.5 Å². The first-order valence-corrected chi connectivity index (χ1v) is 8.29. The number of benzene rings is 2. The SMILES string of the molecule is O=C1CCc2cc(OCC(=O)NC(c3ccccc3)C(F)(F)F)ccc2N1. The van der Waals surface area contributed by atoms with Gasteiger partial charge in [-0.15, -0.1) is 0 Å². The molecule has 27 heavy (non-hydrogen) atoms. The molecule has 2 N–H and O–H groups in total. The highest BCUT2D eigenvalue weighted by Crippen LogP contribution is 2.32. The van der Waals surface area contributed by atoms with Crippen LogP contribution in [0.1, 0.15) is 23.6 Å². The van der Waals surface area contributed by atoms with Crippen LogP contribution in [-0.2, 0) is 16.0 Å². The maximum atomic E-state index is 13.3. The Balaban J connectivity index is 1.62. The zero-order valence-electron chi connectivity index (χ0n) is 14.2. The van der Waals surface area contributed by atoms with Gasteiger partial charge in [0.2, 0.25) is 5.91 Å². The van der Waals surface area contributed by atoms with Crippen LogP contribution in [0.25, 0.3) is 0 Å². The van der Waals surface area contributed by atoms with Gasteiger partial charge in [-0.05, 0) is 35.7 Å². The van der Waals surface area contributed by atoms with Crippen molar-refractivity contribution in [2.24, 2.45) is 0 Å². The normalized spacial score (nSPS) is 14.7. The predicted molar refractivity (Wildman–Crippen MR) is 92.3 cm³/mol. The van der Waals surface area contributed by atoms with E-state index in [1.165, 1.54) is 24.3 Å². The second-order valence-corrected chi connectivity index (χ2v) is 6.11. The van der Waals surface area contributed by atoms with Gasteiger partial charge in [0.1, 0.15) is 5.75 Å². The number of nitrogens with one attached hydrogen (secondary N) is 2. The van der Waals surface area contributed by atoms with E-state index in [1.807, 2.05) is 5.32 Å². The van der Waals surface area contributed by atoms with Gasteiger partial charge in [-0.3, -0.25) is 9.59 Å². The average Bonchev–Trinajstić information content (AvgIpc) is 2.64.